The van der Waals surface area contributed by atoms with Crippen LogP contribution in [0.3, 0.4) is 0 Å². The first-order chi connectivity index (χ1) is 13.7. The summed E-state index contributed by atoms with van der Waals surface area (Å²) in [5.74, 6) is -0.00249. The van der Waals surface area contributed by atoms with Gasteiger partial charge in [0.2, 0.25) is 5.90 Å². The van der Waals surface area contributed by atoms with Crippen molar-refractivity contribution in [3.05, 3.63) is 107 Å². The molecule has 0 aromatic heterocycles. The minimum Gasteiger partial charge on any atom is -0.489 e. The number of rotatable bonds is 5. The number of halogens is 1. The van der Waals surface area contributed by atoms with Crippen LogP contribution in [-0.2, 0) is 16.1 Å². The number of ether oxygens (including phenoxy) is 2. The van der Waals surface area contributed by atoms with Crippen molar-refractivity contribution < 1.29 is 18.7 Å². The molecule has 0 saturated carbocycles. The molecule has 0 N–H and O–H groups in total. The molecule has 1 heterocycles. The minimum atomic E-state index is -0.538. The maximum atomic E-state index is 13.0. The summed E-state index contributed by atoms with van der Waals surface area (Å²) in [5, 5.41) is 0. The molecule has 1 aliphatic rings. The van der Waals surface area contributed by atoms with E-state index in [4.69, 9.17) is 9.47 Å². The largest absolute Gasteiger partial charge is 0.489 e. The van der Waals surface area contributed by atoms with Crippen molar-refractivity contribution in [1.82, 2.24) is 0 Å². The smallest absolute Gasteiger partial charge is 0.363 e. The molecule has 4 rings (SSSR count). The van der Waals surface area contributed by atoms with Gasteiger partial charge in [-0.05, 0) is 53.6 Å². The van der Waals surface area contributed by atoms with E-state index in [1.165, 1.54) is 24.3 Å². The van der Waals surface area contributed by atoms with Gasteiger partial charge in [-0.25, -0.2) is 14.2 Å². The molecular formula is C23H16FNO3. The summed E-state index contributed by atoms with van der Waals surface area (Å²) in [6.45, 7) is 0.485. The predicted molar refractivity (Wildman–Crippen MR) is 104 cm³/mol. The van der Waals surface area contributed by atoms with Crippen LogP contribution in [0.1, 0.15) is 16.7 Å². The monoisotopic (exact) mass is 373 g/mol. The summed E-state index contributed by atoms with van der Waals surface area (Å²) in [6, 6.07) is 22.9. The van der Waals surface area contributed by atoms with E-state index < -0.39 is 5.97 Å². The van der Waals surface area contributed by atoms with Crippen molar-refractivity contribution in [2.24, 2.45) is 4.99 Å². The third kappa shape index (κ3) is 4.15. The Labute approximate surface area is 161 Å². The third-order valence-corrected chi connectivity index (χ3v) is 4.14. The Morgan fingerprint density at radius 1 is 0.929 bits per heavy atom. The van der Waals surface area contributed by atoms with Gasteiger partial charge in [0, 0.05) is 5.56 Å². The normalized spacial score (nSPS) is 14.7. The maximum absolute atomic E-state index is 13.0. The summed E-state index contributed by atoms with van der Waals surface area (Å²) >= 11 is 0. The summed E-state index contributed by atoms with van der Waals surface area (Å²) in [4.78, 5) is 16.3. The standard InChI is InChI=1S/C23H16FNO3/c24-19-10-8-18(9-11-19)22-25-21(23(26)28-22)14-16-6-12-20(13-7-16)27-15-17-4-2-1-3-5-17/h1-14H,15H2/b21-14+. The molecule has 0 fully saturated rings. The number of carbonyl (C=O) groups is 1. The molecule has 138 valence electrons. The quantitative estimate of drug-likeness (QED) is 0.479. The molecule has 3 aromatic carbocycles. The molecule has 0 amide bonds. The second-order valence-electron chi connectivity index (χ2n) is 6.19. The number of aliphatic imine (C=N–C) groups is 1. The van der Waals surface area contributed by atoms with E-state index >= 15 is 0 Å². The van der Waals surface area contributed by atoms with E-state index in [0.717, 1.165) is 16.9 Å². The first kappa shape index (κ1) is 17.7. The molecule has 5 heteroatoms. The van der Waals surface area contributed by atoms with E-state index in [0.29, 0.717) is 12.2 Å². The van der Waals surface area contributed by atoms with Gasteiger partial charge < -0.3 is 9.47 Å². The summed E-state index contributed by atoms with van der Waals surface area (Å²) < 4.78 is 24.0. The predicted octanol–water partition coefficient (Wildman–Crippen LogP) is 4.75. The molecule has 0 spiro atoms. The van der Waals surface area contributed by atoms with E-state index in [1.54, 1.807) is 6.08 Å². The van der Waals surface area contributed by atoms with Gasteiger partial charge in [-0.1, -0.05) is 42.5 Å². The maximum Gasteiger partial charge on any atom is 0.363 e. The summed E-state index contributed by atoms with van der Waals surface area (Å²) in [7, 11) is 0. The summed E-state index contributed by atoms with van der Waals surface area (Å²) in [5.41, 5.74) is 2.62. The molecule has 4 nitrogen and oxygen atoms in total. The van der Waals surface area contributed by atoms with Crippen LogP contribution in [-0.4, -0.2) is 11.9 Å². The zero-order valence-corrected chi connectivity index (χ0v) is 14.8. The van der Waals surface area contributed by atoms with Gasteiger partial charge in [-0.2, -0.15) is 0 Å². The van der Waals surface area contributed by atoms with E-state index in [-0.39, 0.29) is 17.4 Å². The van der Waals surface area contributed by atoms with Gasteiger partial charge >= 0.3 is 5.97 Å². The first-order valence-corrected chi connectivity index (χ1v) is 8.73. The van der Waals surface area contributed by atoms with Gasteiger partial charge in [0.1, 0.15) is 18.2 Å². The lowest BCUT2D eigenvalue weighted by Gasteiger charge is -2.06. The zero-order valence-electron chi connectivity index (χ0n) is 14.8. The number of esters is 1. The van der Waals surface area contributed by atoms with Gasteiger partial charge in [0.15, 0.2) is 5.70 Å². The Morgan fingerprint density at radius 2 is 1.64 bits per heavy atom. The lowest BCUT2D eigenvalue weighted by Crippen LogP contribution is -2.05. The molecular weight excluding hydrogens is 357 g/mol. The molecule has 0 radical (unpaired) electrons. The highest BCUT2D eigenvalue weighted by Crippen LogP contribution is 2.21. The van der Waals surface area contributed by atoms with E-state index in [1.807, 2.05) is 54.6 Å². The van der Waals surface area contributed by atoms with Crippen LogP contribution in [0.4, 0.5) is 4.39 Å². The highest BCUT2D eigenvalue weighted by atomic mass is 19.1. The molecule has 1 aliphatic heterocycles. The second-order valence-corrected chi connectivity index (χ2v) is 6.19. The lowest BCUT2D eigenvalue weighted by molar-refractivity contribution is -0.129. The number of hydrogen-bond acceptors (Lipinski definition) is 4. The average Bonchev–Trinajstić information content (AvgIpc) is 3.09. The van der Waals surface area contributed by atoms with Crippen molar-refractivity contribution in [3.8, 4) is 5.75 Å². The van der Waals surface area contributed by atoms with Crippen molar-refractivity contribution >= 4 is 17.9 Å². The Bertz CT molecular complexity index is 1040. The van der Waals surface area contributed by atoms with E-state index in [2.05, 4.69) is 4.99 Å². The van der Waals surface area contributed by atoms with Crippen LogP contribution in [0.5, 0.6) is 5.75 Å². The van der Waals surface area contributed by atoms with Crippen molar-refractivity contribution in [3.63, 3.8) is 0 Å². The van der Waals surface area contributed by atoms with Crippen molar-refractivity contribution in [2.75, 3.05) is 0 Å². The third-order valence-electron chi connectivity index (χ3n) is 4.14. The van der Waals surface area contributed by atoms with Gasteiger partial charge in [-0.3, -0.25) is 0 Å². The van der Waals surface area contributed by atoms with Gasteiger partial charge in [-0.15, -0.1) is 0 Å². The Balaban J connectivity index is 1.46. The number of benzene rings is 3. The lowest BCUT2D eigenvalue weighted by atomic mass is 10.2. The van der Waals surface area contributed by atoms with Crippen LogP contribution in [0, 0.1) is 5.82 Å². The highest BCUT2D eigenvalue weighted by molar-refractivity contribution is 6.12. The molecule has 0 bridgehead atoms. The van der Waals surface area contributed by atoms with Crippen LogP contribution in [0.2, 0.25) is 0 Å². The number of hydrogen-bond donors (Lipinski definition) is 0. The topological polar surface area (TPSA) is 47.9 Å². The highest BCUT2D eigenvalue weighted by Gasteiger charge is 2.24. The molecule has 3 aromatic rings. The molecule has 0 unspecified atom stereocenters. The Hall–Kier alpha value is -3.73. The fraction of sp³-hybridized carbons (Fsp3) is 0.0435. The Morgan fingerprint density at radius 3 is 2.36 bits per heavy atom. The first-order valence-electron chi connectivity index (χ1n) is 8.73. The van der Waals surface area contributed by atoms with E-state index in [9.17, 15) is 9.18 Å². The summed E-state index contributed by atoms with van der Waals surface area (Å²) in [6.07, 6.45) is 1.64. The van der Waals surface area contributed by atoms with Crippen molar-refractivity contribution in [2.45, 2.75) is 6.61 Å². The van der Waals surface area contributed by atoms with Crippen LogP contribution >= 0.6 is 0 Å². The van der Waals surface area contributed by atoms with Crippen LogP contribution in [0.15, 0.2) is 89.6 Å². The molecule has 28 heavy (non-hydrogen) atoms. The zero-order chi connectivity index (χ0) is 19.3. The average molecular weight is 373 g/mol. The SMILES string of the molecule is O=C1OC(c2ccc(F)cc2)=N/C1=C/c1ccc(OCc2ccccc2)cc1. The number of cyclic esters (lactones) is 1. The van der Waals surface area contributed by atoms with Crippen molar-refractivity contribution in [1.29, 1.82) is 0 Å². The second kappa shape index (κ2) is 7.88. The molecule has 0 atom stereocenters. The molecule has 0 aliphatic carbocycles. The Kier molecular flexibility index (Phi) is 4.97. The fourth-order valence-corrected chi connectivity index (χ4v) is 2.68. The van der Waals surface area contributed by atoms with Gasteiger partial charge in [0.05, 0.1) is 0 Å². The van der Waals surface area contributed by atoms with Crippen LogP contribution in [0.25, 0.3) is 6.08 Å². The minimum absolute atomic E-state index is 0.166. The number of nitrogens with zero attached hydrogens (tertiary/aromatic N) is 1. The van der Waals surface area contributed by atoms with Gasteiger partial charge in [0.25, 0.3) is 0 Å². The molecule has 0 saturated heterocycles. The number of carbonyl (C=O) groups excluding carboxylic acids is 1. The van der Waals surface area contributed by atoms with Crippen LogP contribution < -0.4 is 4.74 Å². The fourth-order valence-electron chi connectivity index (χ4n) is 2.68.